The van der Waals surface area contributed by atoms with Crippen LogP contribution in [0.15, 0.2) is 40.5 Å². The number of hydrazine groups is 2. The number of para-hydroxylation sites is 1. The van der Waals surface area contributed by atoms with Crippen LogP contribution >= 0.6 is 0 Å². The number of anilines is 1. The molecule has 1 aromatic carbocycles. The van der Waals surface area contributed by atoms with Crippen molar-refractivity contribution in [3.63, 3.8) is 0 Å². The highest BCUT2D eigenvalue weighted by atomic mass is 16.7. The quantitative estimate of drug-likeness (QED) is 0.517. The molecule has 1 aliphatic rings. The third-order valence-electron chi connectivity index (χ3n) is 2.04. The lowest BCUT2D eigenvalue weighted by Crippen LogP contribution is -2.42. The van der Waals surface area contributed by atoms with Gasteiger partial charge in [0, 0.05) is 5.28 Å². The highest BCUT2D eigenvalue weighted by molar-refractivity contribution is 6.47. The summed E-state index contributed by atoms with van der Waals surface area (Å²) in [5, 5.41) is 17.9. The number of hydrogen-bond acceptors (Lipinski definition) is 8. The van der Waals surface area contributed by atoms with Gasteiger partial charge in [0.2, 0.25) is 11.5 Å². The molecule has 0 saturated heterocycles. The first kappa shape index (κ1) is 11.8. The summed E-state index contributed by atoms with van der Waals surface area (Å²) >= 11 is 0. The first-order valence-electron chi connectivity index (χ1n) is 5.07. The van der Waals surface area contributed by atoms with Crippen molar-refractivity contribution in [2.45, 2.75) is 0 Å². The van der Waals surface area contributed by atoms with E-state index in [1.165, 1.54) is 7.11 Å². The molecule has 0 unspecified atom stereocenters. The Morgan fingerprint density at radius 2 is 2.28 bits per heavy atom. The Hall–Kier alpha value is -2.63. The normalized spacial score (nSPS) is 15.3. The lowest BCUT2D eigenvalue weighted by molar-refractivity contribution is -0.185. The van der Waals surface area contributed by atoms with Gasteiger partial charge in [0.25, 0.3) is 0 Å². The molecule has 0 atom stereocenters. The molecular weight excluding hydrogens is 234 g/mol. The molecule has 3 N–H and O–H groups in total. The Morgan fingerprint density at radius 1 is 1.50 bits per heavy atom. The maximum atomic E-state index is 8.99. The van der Waals surface area contributed by atoms with E-state index in [1.54, 1.807) is 0 Å². The minimum Gasteiger partial charge on any atom is -0.277 e. The summed E-state index contributed by atoms with van der Waals surface area (Å²) in [6.45, 7) is 0. The van der Waals surface area contributed by atoms with Crippen LogP contribution in [0.2, 0.25) is 0 Å². The minimum atomic E-state index is 0.103. The summed E-state index contributed by atoms with van der Waals surface area (Å²) in [7, 11) is 1.45. The fourth-order valence-corrected chi connectivity index (χ4v) is 1.20. The van der Waals surface area contributed by atoms with Crippen LogP contribution in [0, 0.1) is 11.3 Å². The van der Waals surface area contributed by atoms with Crippen molar-refractivity contribution in [1.29, 1.82) is 5.26 Å². The van der Waals surface area contributed by atoms with Crippen LogP contribution < -0.4 is 16.4 Å². The summed E-state index contributed by atoms with van der Waals surface area (Å²) in [6.07, 6.45) is 0. The van der Waals surface area contributed by atoms with Crippen LogP contribution in [0.1, 0.15) is 0 Å². The lowest BCUT2D eigenvalue weighted by Gasteiger charge is -2.10. The number of hydrogen-bond donors (Lipinski definition) is 3. The zero-order valence-corrected chi connectivity index (χ0v) is 9.58. The third-order valence-corrected chi connectivity index (χ3v) is 2.04. The van der Waals surface area contributed by atoms with Gasteiger partial charge in [0.1, 0.15) is 6.07 Å². The molecule has 92 valence electrons. The topological polar surface area (TPSA) is 97.1 Å². The van der Waals surface area contributed by atoms with Gasteiger partial charge in [-0.1, -0.05) is 18.2 Å². The maximum absolute atomic E-state index is 8.99. The highest BCUT2D eigenvalue weighted by Crippen LogP contribution is 2.04. The summed E-state index contributed by atoms with van der Waals surface area (Å²) in [5.74, 6) is 0.266. The van der Waals surface area contributed by atoms with Crippen LogP contribution in [0.5, 0.6) is 0 Å². The van der Waals surface area contributed by atoms with Crippen molar-refractivity contribution in [2.24, 2.45) is 10.2 Å². The summed E-state index contributed by atoms with van der Waals surface area (Å²) < 4.78 is 0. The van der Waals surface area contributed by atoms with Gasteiger partial charge >= 0.3 is 0 Å². The Bertz CT molecular complexity index is 505. The van der Waals surface area contributed by atoms with Gasteiger partial charge in [-0.25, -0.2) is 0 Å². The molecule has 0 fully saturated rings. The number of benzene rings is 1. The zero-order valence-electron chi connectivity index (χ0n) is 9.58. The smallest absolute Gasteiger partial charge is 0.206 e. The predicted molar refractivity (Wildman–Crippen MR) is 65.7 cm³/mol. The molecule has 0 bridgehead atoms. The highest BCUT2D eigenvalue weighted by Gasteiger charge is 2.19. The number of rotatable bonds is 4. The fourth-order valence-electron chi connectivity index (χ4n) is 1.20. The zero-order chi connectivity index (χ0) is 12.8. The molecule has 18 heavy (non-hydrogen) atoms. The van der Waals surface area contributed by atoms with Gasteiger partial charge in [0.05, 0.1) is 12.8 Å². The minimum absolute atomic E-state index is 0.103. The van der Waals surface area contributed by atoms with E-state index in [2.05, 4.69) is 26.6 Å². The standard InChI is InChI=1S/C10H11N7O/c1-18-17-15-10(14-16-17)9(7-11)13-12-8-5-3-2-4-6-8/h2-6,12,16H,1H3,(H,14,15). The van der Waals surface area contributed by atoms with Crippen LogP contribution in [0.4, 0.5) is 5.69 Å². The Labute approximate surface area is 103 Å². The molecule has 0 amide bonds. The maximum Gasteiger partial charge on any atom is 0.206 e. The molecule has 2 rings (SSSR count). The number of amidine groups is 1. The van der Waals surface area contributed by atoms with E-state index in [4.69, 9.17) is 10.1 Å². The number of nitriles is 1. The molecule has 0 aliphatic carbocycles. The lowest BCUT2D eigenvalue weighted by atomic mass is 10.3. The third kappa shape index (κ3) is 2.73. The van der Waals surface area contributed by atoms with Crippen molar-refractivity contribution >= 4 is 17.2 Å². The second-order valence-corrected chi connectivity index (χ2v) is 3.20. The summed E-state index contributed by atoms with van der Waals surface area (Å²) in [5.41, 5.74) is 8.83. The van der Waals surface area contributed by atoms with Crippen molar-refractivity contribution < 1.29 is 4.84 Å². The summed E-state index contributed by atoms with van der Waals surface area (Å²) in [6, 6.07) is 11.2. The first-order valence-corrected chi connectivity index (χ1v) is 5.07. The first-order chi connectivity index (χ1) is 8.83. The predicted octanol–water partition coefficient (Wildman–Crippen LogP) is 0.178. The Balaban J connectivity index is 2.04. The molecule has 0 aromatic heterocycles. The van der Waals surface area contributed by atoms with Crippen LogP contribution in [0.25, 0.3) is 0 Å². The van der Waals surface area contributed by atoms with E-state index in [9.17, 15) is 0 Å². The number of nitrogens with one attached hydrogen (secondary N) is 3. The largest absolute Gasteiger partial charge is 0.277 e. The molecule has 0 saturated carbocycles. The van der Waals surface area contributed by atoms with E-state index in [0.29, 0.717) is 0 Å². The van der Waals surface area contributed by atoms with Gasteiger partial charge in [-0.3, -0.25) is 15.7 Å². The molecule has 1 heterocycles. The van der Waals surface area contributed by atoms with Crippen LogP contribution in [-0.2, 0) is 4.84 Å². The average Bonchev–Trinajstić information content (AvgIpc) is 2.89. The van der Waals surface area contributed by atoms with Gasteiger partial charge in [-0.2, -0.15) is 15.9 Å². The van der Waals surface area contributed by atoms with Crippen LogP contribution in [-0.4, -0.2) is 23.9 Å². The van der Waals surface area contributed by atoms with E-state index >= 15 is 0 Å². The van der Waals surface area contributed by atoms with E-state index in [0.717, 1.165) is 11.0 Å². The molecular formula is C10H11N7O. The van der Waals surface area contributed by atoms with E-state index < -0.39 is 0 Å². The van der Waals surface area contributed by atoms with Gasteiger partial charge in [0.15, 0.2) is 0 Å². The van der Waals surface area contributed by atoms with Crippen molar-refractivity contribution in [2.75, 3.05) is 12.5 Å². The average molecular weight is 245 g/mol. The molecule has 1 aliphatic heterocycles. The monoisotopic (exact) mass is 245 g/mol. The Kier molecular flexibility index (Phi) is 3.70. The van der Waals surface area contributed by atoms with E-state index in [1.807, 2.05) is 36.4 Å². The molecule has 8 nitrogen and oxygen atoms in total. The second-order valence-electron chi connectivity index (χ2n) is 3.20. The molecule has 0 spiro atoms. The van der Waals surface area contributed by atoms with E-state index in [-0.39, 0.29) is 11.5 Å². The molecule has 0 radical (unpaired) electrons. The van der Waals surface area contributed by atoms with Crippen LogP contribution in [0.3, 0.4) is 0 Å². The van der Waals surface area contributed by atoms with Gasteiger partial charge in [-0.15, -0.1) is 5.10 Å². The number of hydrazone groups is 2. The van der Waals surface area contributed by atoms with Gasteiger partial charge < -0.3 is 0 Å². The van der Waals surface area contributed by atoms with Gasteiger partial charge in [-0.05, 0) is 12.1 Å². The SMILES string of the molecule is CON1NN=C(C(C#N)=NNc2ccccc2)N1. The van der Waals surface area contributed by atoms with Crippen molar-refractivity contribution in [3.05, 3.63) is 30.3 Å². The summed E-state index contributed by atoms with van der Waals surface area (Å²) in [4.78, 5) is 4.81. The van der Waals surface area contributed by atoms with Crippen molar-refractivity contribution in [3.8, 4) is 6.07 Å². The molecule has 1 aromatic rings. The number of nitrogens with zero attached hydrogens (tertiary/aromatic N) is 4. The fraction of sp³-hybridized carbons (Fsp3) is 0.100. The Morgan fingerprint density at radius 3 is 2.89 bits per heavy atom. The second kappa shape index (κ2) is 5.62. The molecule has 8 heteroatoms. The van der Waals surface area contributed by atoms with Crippen molar-refractivity contribution in [1.82, 2.24) is 16.2 Å².